The van der Waals surface area contributed by atoms with Crippen molar-refractivity contribution in [2.24, 2.45) is 0 Å². The Morgan fingerprint density at radius 2 is 1.64 bits per heavy atom. The number of pyridine rings is 1. The molecule has 0 amide bonds. The summed E-state index contributed by atoms with van der Waals surface area (Å²) in [7, 11) is 4.24. The Labute approximate surface area is 151 Å². The molecule has 0 atom stereocenters. The van der Waals surface area contributed by atoms with Gasteiger partial charge in [0.25, 0.3) is 0 Å². The van der Waals surface area contributed by atoms with Crippen LogP contribution in [0.15, 0.2) is 54.6 Å². The second-order valence-electron chi connectivity index (χ2n) is 6.96. The fraction of sp³-hybridized carbons (Fsp3) is 0.261. The fourth-order valence-corrected chi connectivity index (χ4v) is 3.12. The van der Waals surface area contributed by atoms with Crippen molar-refractivity contribution in [1.82, 2.24) is 4.90 Å². The van der Waals surface area contributed by atoms with E-state index in [0.717, 1.165) is 13.1 Å². The molecule has 2 nitrogen and oxygen atoms in total. The first-order chi connectivity index (χ1) is 12.0. The summed E-state index contributed by atoms with van der Waals surface area (Å²) in [5, 5.41) is 1.30. The maximum atomic E-state index is 2.42. The van der Waals surface area contributed by atoms with Crippen LogP contribution in [0.2, 0.25) is 0 Å². The summed E-state index contributed by atoms with van der Waals surface area (Å²) in [5.74, 6) is 0. The van der Waals surface area contributed by atoms with E-state index >= 15 is 0 Å². The van der Waals surface area contributed by atoms with Gasteiger partial charge in [-0.1, -0.05) is 54.1 Å². The SMILES string of the molecule is Cc1ccc(C=Cc2cc(C)[n+](CCN(C)C)c3ccccc23)cc1. The zero-order valence-electron chi connectivity index (χ0n) is 15.7. The van der Waals surface area contributed by atoms with E-state index in [-0.39, 0.29) is 0 Å². The van der Waals surface area contributed by atoms with Gasteiger partial charge in [0.15, 0.2) is 12.2 Å². The Morgan fingerprint density at radius 1 is 0.920 bits per heavy atom. The predicted octanol–water partition coefficient (Wildman–Crippen LogP) is 4.48. The summed E-state index contributed by atoms with van der Waals surface area (Å²) in [6.07, 6.45) is 4.43. The van der Waals surface area contributed by atoms with Crippen molar-refractivity contribution >= 4 is 23.1 Å². The monoisotopic (exact) mass is 331 g/mol. The zero-order valence-corrected chi connectivity index (χ0v) is 15.7. The van der Waals surface area contributed by atoms with Crippen LogP contribution in [0.3, 0.4) is 0 Å². The quantitative estimate of drug-likeness (QED) is 0.625. The van der Waals surface area contributed by atoms with Crippen molar-refractivity contribution in [3.8, 4) is 0 Å². The average Bonchev–Trinajstić information content (AvgIpc) is 2.60. The van der Waals surface area contributed by atoms with Gasteiger partial charge in [0.05, 0.1) is 11.9 Å². The lowest BCUT2D eigenvalue weighted by molar-refractivity contribution is -0.676. The van der Waals surface area contributed by atoms with Crippen LogP contribution in [0.25, 0.3) is 23.1 Å². The van der Waals surface area contributed by atoms with Crippen LogP contribution in [-0.2, 0) is 6.54 Å². The smallest absolute Gasteiger partial charge is 0.213 e. The topological polar surface area (TPSA) is 7.12 Å². The number of aromatic nitrogens is 1. The van der Waals surface area contributed by atoms with Gasteiger partial charge < -0.3 is 4.90 Å². The highest BCUT2D eigenvalue weighted by atomic mass is 15.1. The van der Waals surface area contributed by atoms with E-state index in [2.05, 4.69) is 104 Å². The van der Waals surface area contributed by atoms with Crippen molar-refractivity contribution in [3.63, 3.8) is 0 Å². The first-order valence-electron chi connectivity index (χ1n) is 8.86. The molecule has 1 heterocycles. The van der Waals surface area contributed by atoms with Gasteiger partial charge in [0.1, 0.15) is 0 Å². The minimum Gasteiger partial charge on any atom is -0.303 e. The molecule has 0 saturated carbocycles. The molecule has 0 N–H and O–H groups in total. The lowest BCUT2D eigenvalue weighted by atomic mass is 10.0. The Morgan fingerprint density at radius 3 is 2.36 bits per heavy atom. The lowest BCUT2D eigenvalue weighted by Crippen LogP contribution is -2.42. The van der Waals surface area contributed by atoms with E-state index in [0.29, 0.717) is 0 Å². The zero-order chi connectivity index (χ0) is 17.8. The number of benzene rings is 2. The Hall–Kier alpha value is -2.45. The van der Waals surface area contributed by atoms with Crippen LogP contribution in [-0.4, -0.2) is 25.5 Å². The van der Waals surface area contributed by atoms with Crippen LogP contribution in [0, 0.1) is 13.8 Å². The third-order valence-electron chi connectivity index (χ3n) is 4.60. The molecule has 0 aliphatic rings. The first kappa shape index (κ1) is 17.4. The molecule has 25 heavy (non-hydrogen) atoms. The first-order valence-corrected chi connectivity index (χ1v) is 8.86. The molecule has 1 aromatic heterocycles. The minimum atomic E-state index is 1.00. The molecule has 0 radical (unpaired) electrons. The van der Waals surface area contributed by atoms with E-state index in [9.17, 15) is 0 Å². The highest BCUT2D eigenvalue weighted by Gasteiger charge is 2.15. The molecule has 2 heteroatoms. The van der Waals surface area contributed by atoms with Gasteiger partial charge in [-0.3, -0.25) is 0 Å². The highest BCUT2D eigenvalue weighted by Crippen LogP contribution is 2.20. The molecule has 0 bridgehead atoms. The van der Waals surface area contributed by atoms with Crippen LogP contribution < -0.4 is 4.57 Å². The molecule has 3 aromatic rings. The van der Waals surface area contributed by atoms with E-state index in [1.807, 2.05) is 0 Å². The van der Waals surface area contributed by atoms with Gasteiger partial charge in [-0.2, -0.15) is 4.57 Å². The molecule has 2 aromatic carbocycles. The third kappa shape index (κ3) is 4.15. The van der Waals surface area contributed by atoms with E-state index in [4.69, 9.17) is 0 Å². The van der Waals surface area contributed by atoms with Crippen LogP contribution in [0.5, 0.6) is 0 Å². The van der Waals surface area contributed by atoms with Crippen LogP contribution in [0.4, 0.5) is 0 Å². The van der Waals surface area contributed by atoms with E-state index < -0.39 is 0 Å². The van der Waals surface area contributed by atoms with Gasteiger partial charge >= 0.3 is 0 Å². The summed E-state index contributed by atoms with van der Waals surface area (Å²) in [6, 6.07) is 19.6. The van der Waals surface area contributed by atoms with Gasteiger partial charge in [0, 0.05) is 19.1 Å². The number of hydrogen-bond donors (Lipinski definition) is 0. The molecule has 128 valence electrons. The molecule has 0 spiro atoms. The summed E-state index contributed by atoms with van der Waals surface area (Å²) in [4.78, 5) is 2.23. The molecule has 0 fully saturated rings. The second-order valence-corrected chi connectivity index (χ2v) is 6.96. The number of hydrogen-bond acceptors (Lipinski definition) is 1. The van der Waals surface area contributed by atoms with E-state index in [1.54, 1.807) is 0 Å². The summed E-state index contributed by atoms with van der Waals surface area (Å²) in [5.41, 5.74) is 6.39. The molecule has 0 saturated heterocycles. The molecule has 3 rings (SSSR count). The van der Waals surface area contributed by atoms with Crippen LogP contribution >= 0.6 is 0 Å². The largest absolute Gasteiger partial charge is 0.303 e. The summed E-state index contributed by atoms with van der Waals surface area (Å²) >= 11 is 0. The minimum absolute atomic E-state index is 1.00. The number of likely N-dealkylation sites (N-methyl/N-ethyl adjacent to an activating group) is 1. The van der Waals surface area contributed by atoms with Gasteiger partial charge in [0.2, 0.25) is 5.52 Å². The van der Waals surface area contributed by atoms with Crippen molar-refractivity contribution in [3.05, 3.63) is 77.0 Å². The molecule has 0 aliphatic carbocycles. The second kappa shape index (κ2) is 7.62. The molecular weight excluding hydrogens is 304 g/mol. The standard InChI is InChI=1S/C23H27N2/c1-18-9-11-20(12-10-18)13-14-21-17-19(2)25(16-15-24(3)4)23-8-6-5-7-22(21)23/h5-14,17H,15-16H2,1-4H3/q+1. The maximum Gasteiger partial charge on any atom is 0.213 e. The third-order valence-corrected chi connectivity index (χ3v) is 4.60. The number of rotatable bonds is 5. The van der Waals surface area contributed by atoms with Gasteiger partial charge in [-0.05, 0) is 38.2 Å². The van der Waals surface area contributed by atoms with Crippen molar-refractivity contribution in [1.29, 1.82) is 0 Å². The number of fused-ring (bicyclic) bond motifs is 1. The van der Waals surface area contributed by atoms with E-state index in [1.165, 1.54) is 33.3 Å². The summed E-state index contributed by atoms with van der Waals surface area (Å²) < 4.78 is 2.42. The van der Waals surface area contributed by atoms with Gasteiger partial charge in [-0.15, -0.1) is 0 Å². The number of aryl methyl sites for hydroxylation is 2. The summed E-state index contributed by atoms with van der Waals surface area (Å²) in [6.45, 7) is 6.36. The van der Waals surface area contributed by atoms with Crippen molar-refractivity contribution in [2.45, 2.75) is 20.4 Å². The number of para-hydroxylation sites is 1. The highest BCUT2D eigenvalue weighted by molar-refractivity contribution is 5.89. The maximum absolute atomic E-state index is 2.42. The van der Waals surface area contributed by atoms with Gasteiger partial charge in [-0.25, -0.2) is 0 Å². The number of nitrogens with zero attached hydrogens (tertiary/aromatic N) is 2. The average molecular weight is 331 g/mol. The molecular formula is C23H27N2+. The molecule has 0 unspecified atom stereocenters. The Bertz CT molecular complexity index is 890. The predicted molar refractivity (Wildman–Crippen MR) is 108 cm³/mol. The Kier molecular flexibility index (Phi) is 5.30. The van der Waals surface area contributed by atoms with Crippen LogP contribution in [0.1, 0.15) is 22.4 Å². The Balaban J connectivity index is 2.01. The molecule has 0 aliphatic heterocycles. The normalized spacial score (nSPS) is 11.7. The fourth-order valence-electron chi connectivity index (χ4n) is 3.12. The lowest BCUT2D eigenvalue weighted by Gasteiger charge is -2.11. The van der Waals surface area contributed by atoms with Crippen molar-refractivity contribution in [2.75, 3.05) is 20.6 Å². The van der Waals surface area contributed by atoms with Crippen molar-refractivity contribution < 1.29 is 4.57 Å².